The standard InChI is InChI=1S/C15H23N3O2/c1-4-8-16-10-15(20)17-12-7-6-11(3)13(9-12)18-14(19)5-2/h6-7,9,16H,4-5,8,10H2,1-3H3,(H,17,20)(H,18,19). The van der Waals surface area contributed by atoms with E-state index in [1.165, 1.54) is 0 Å². The summed E-state index contributed by atoms with van der Waals surface area (Å²) in [5.41, 5.74) is 2.38. The van der Waals surface area contributed by atoms with Crippen molar-refractivity contribution in [2.24, 2.45) is 0 Å². The molecule has 0 radical (unpaired) electrons. The number of hydrogen-bond donors (Lipinski definition) is 3. The second-order valence-corrected chi connectivity index (χ2v) is 4.66. The number of amides is 2. The summed E-state index contributed by atoms with van der Waals surface area (Å²) in [5, 5.41) is 8.67. The van der Waals surface area contributed by atoms with E-state index >= 15 is 0 Å². The zero-order chi connectivity index (χ0) is 15.0. The van der Waals surface area contributed by atoms with E-state index in [1.807, 2.05) is 26.0 Å². The van der Waals surface area contributed by atoms with Crippen molar-refractivity contribution >= 4 is 23.2 Å². The first-order valence-corrected chi connectivity index (χ1v) is 6.97. The van der Waals surface area contributed by atoms with Crippen LogP contribution in [-0.2, 0) is 9.59 Å². The van der Waals surface area contributed by atoms with Gasteiger partial charge >= 0.3 is 0 Å². The molecule has 1 aromatic rings. The third-order valence-corrected chi connectivity index (χ3v) is 2.83. The molecule has 110 valence electrons. The fourth-order valence-corrected chi connectivity index (χ4v) is 1.66. The van der Waals surface area contributed by atoms with Crippen LogP contribution in [0.2, 0.25) is 0 Å². The lowest BCUT2D eigenvalue weighted by atomic mass is 10.1. The Bertz CT molecular complexity index is 472. The highest BCUT2D eigenvalue weighted by Crippen LogP contribution is 2.20. The van der Waals surface area contributed by atoms with E-state index in [4.69, 9.17) is 0 Å². The Balaban J connectivity index is 2.64. The summed E-state index contributed by atoms with van der Waals surface area (Å²) < 4.78 is 0. The molecule has 0 saturated carbocycles. The van der Waals surface area contributed by atoms with E-state index in [9.17, 15) is 9.59 Å². The van der Waals surface area contributed by atoms with Gasteiger partial charge in [-0.2, -0.15) is 0 Å². The van der Waals surface area contributed by atoms with Gasteiger partial charge in [-0.15, -0.1) is 0 Å². The number of rotatable bonds is 7. The molecule has 1 aromatic carbocycles. The van der Waals surface area contributed by atoms with Gasteiger partial charge in [-0.25, -0.2) is 0 Å². The molecule has 1 rings (SSSR count). The van der Waals surface area contributed by atoms with Gasteiger partial charge in [-0.3, -0.25) is 9.59 Å². The summed E-state index contributed by atoms with van der Waals surface area (Å²) in [6.45, 7) is 6.88. The highest BCUT2D eigenvalue weighted by molar-refractivity contribution is 5.95. The monoisotopic (exact) mass is 277 g/mol. The molecule has 0 bridgehead atoms. The van der Waals surface area contributed by atoms with E-state index in [0.29, 0.717) is 18.7 Å². The average Bonchev–Trinajstić information content (AvgIpc) is 2.42. The fraction of sp³-hybridized carbons (Fsp3) is 0.467. The molecule has 0 heterocycles. The molecule has 0 aromatic heterocycles. The highest BCUT2D eigenvalue weighted by Gasteiger charge is 2.06. The maximum atomic E-state index is 11.7. The fourth-order valence-electron chi connectivity index (χ4n) is 1.66. The third kappa shape index (κ3) is 5.40. The number of anilines is 2. The Kier molecular flexibility index (Phi) is 6.73. The Labute approximate surface area is 120 Å². The molecule has 3 N–H and O–H groups in total. The summed E-state index contributed by atoms with van der Waals surface area (Å²) in [6.07, 6.45) is 1.42. The van der Waals surface area contributed by atoms with E-state index in [2.05, 4.69) is 16.0 Å². The first kappa shape index (κ1) is 16.2. The molecular formula is C15H23N3O2. The first-order valence-electron chi connectivity index (χ1n) is 6.97. The van der Waals surface area contributed by atoms with Gasteiger partial charge in [0.25, 0.3) is 0 Å². The number of carbonyl (C=O) groups excluding carboxylic acids is 2. The molecule has 0 atom stereocenters. The van der Waals surface area contributed by atoms with Crippen molar-refractivity contribution < 1.29 is 9.59 Å². The van der Waals surface area contributed by atoms with Crippen LogP contribution in [0.5, 0.6) is 0 Å². The number of hydrogen-bond acceptors (Lipinski definition) is 3. The van der Waals surface area contributed by atoms with Crippen LogP contribution in [0.1, 0.15) is 32.3 Å². The van der Waals surface area contributed by atoms with Crippen LogP contribution in [0, 0.1) is 6.92 Å². The number of aryl methyl sites for hydroxylation is 1. The highest BCUT2D eigenvalue weighted by atomic mass is 16.2. The largest absolute Gasteiger partial charge is 0.326 e. The van der Waals surface area contributed by atoms with Crippen LogP contribution in [0.3, 0.4) is 0 Å². The molecule has 2 amide bonds. The van der Waals surface area contributed by atoms with Crippen LogP contribution in [0.15, 0.2) is 18.2 Å². The Hall–Kier alpha value is -1.88. The summed E-state index contributed by atoms with van der Waals surface area (Å²) >= 11 is 0. The van der Waals surface area contributed by atoms with Crippen molar-refractivity contribution in [1.29, 1.82) is 0 Å². The van der Waals surface area contributed by atoms with E-state index in [-0.39, 0.29) is 11.8 Å². The number of carbonyl (C=O) groups is 2. The van der Waals surface area contributed by atoms with E-state index in [0.717, 1.165) is 24.2 Å². The van der Waals surface area contributed by atoms with Gasteiger partial charge < -0.3 is 16.0 Å². The zero-order valence-corrected chi connectivity index (χ0v) is 12.4. The topological polar surface area (TPSA) is 70.2 Å². The number of nitrogens with one attached hydrogen (secondary N) is 3. The number of benzene rings is 1. The molecule has 5 nitrogen and oxygen atoms in total. The lowest BCUT2D eigenvalue weighted by Gasteiger charge is -2.11. The van der Waals surface area contributed by atoms with Crippen molar-refractivity contribution in [2.75, 3.05) is 23.7 Å². The molecule has 0 saturated heterocycles. The van der Waals surface area contributed by atoms with Crippen molar-refractivity contribution in [1.82, 2.24) is 5.32 Å². The molecule has 0 aliphatic heterocycles. The molecule has 0 unspecified atom stereocenters. The smallest absolute Gasteiger partial charge is 0.238 e. The van der Waals surface area contributed by atoms with Crippen LogP contribution in [0.25, 0.3) is 0 Å². The molecule has 20 heavy (non-hydrogen) atoms. The Morgan fingerprint density at radius 2 is 1.85 bits per heavy atom. The SMILES string of the molecule is CCCNCC(=O)Nc1ccc(C)c(NC(=O)CC)c1. The molecule has 0 aliphatic carbocycles. The quantitative estimate of drug-likeness (QED) is 0.670. The lowest BCUT2D eigenvalue weighted by molar-refractivity contribution is -0.116. The van der Waals surface area contributed by atoms with Crippen molar-refractivity contribution in [3.63, 3.8) is 0 Å². The second kappa shape index (κ2) is 8.32. The van der Waals surface area contributed by atoms with Gasteiger partial charge in [0.2, 0.25) is 11.8 Å². The minimum absolute atomic E-state index is 0.0406. The Morgan fingerprint density at radius 1 is 1.10 bits per heavy atom. The summed E-state index contributed by atoms with van der Waals surface area (Å²) in [4.78, 5) is 23.1. The van der Waals surface area contributed by atoms with Crippen LogP contribution in [-0.4, -0.2) is 24.9 Å². The maximum absolute atomic E-state index is 11.7. The first-order chi connectivity index (χ1) is 9.56. The molecule has 0 aliphatic rings. The van der Waals surface area contributed by atoms with Gasteiger partial charge in [0.05, 0.1) is 6.54 Å². The Morgan fingerprint density at radius 3 is 2.50 bits per heavy atom. The summed E-state index contributed by atoms with van der Waals surface area (Å²) in [6, 6.07) is 5.48. The minimum atomic E-state index is -0.0879. The third-order valence-electron chi connectivity index (χ3n) is 2.83. The molecular weight excluding hydrogens is 254 g/mol. The lowest BCUT2D eigenvalue weighted by Crippen LogP contribution is -2.28. The van der Waals surface area contributed by atoms with Crippen molar-refractivity contribution in [3.05, 3.63) is 23.8 Å². The second-order valence-electron chi connectivity index (χ2n) is 4.66. The van der Waals surface area contributed by atoms with Crippen LogP contribution in [0.4, 0.5) is 11.4 Å². The predicted molar refractivity (Wildman–Crippen MR) is 81.9 cm³/mol. The zero-order valence-electron chi connectivity index (χ0n) is 12.4. The van der Waals surface area contributed by atoms with Crippen molar-refractivity contribution in [3.8, 4) is 0 Å². The van der Waals surface area contributed by atoms with E-state index in [1.54, 1.807) is 13.0 Å². The normalized spacial score (nSPS) is 10.2. The van der Waals surface area contributed by atoms with Gasteiger partial charge in [0.15, 0.2) is 0 Å². The molecule has 0 fully saturated rings. The van der Waals surface area contributed by atoms with Crippen LogP contribution >= 0.6 is 0 Å². The molecule has 0 spiro atoms. The summed E-state index contributed by atoms with van der Waals surface area (Å²) in [7, 11) is 0. The average molecular weight is 277 g/mol. The molecule has 5 heteroatoms. The van der Waals surface area contributed by atoms with Crippen LogP contribution < -0.4 is 16.0 Å². The van der Waals surface area contributed by atoms with Gasteiger partial charge in [-0.05, 0) is 37.6 Å². The van der Waals surface area contributed by atoms with Gasteiger partial charge in [0, 0.05) is 17.8 Å². The summed E-state index contributed by atoms with van der Waals surface area (Å²) in [5.74, 6) is -0.128. The van der Waals surface area contributed by atoms with Gasteiger partial charge in [-0.1, -0.05) is 19.9 Å². The van der Waals surface area contributed by atoms with E-state index < -0.39 is 0 Å². The van der Waals surface area contributed by atoms with Crippen molar-refractivity contribution in [2.45, 2.75) is 33.6 Å². The minimum Gasteiger partial charge on any atom is -0.326 e. The predicted octanol–water partition coefficient (Wildman–Crippen LogP) is 2.28. The van der Waals surface area contributed by atoms with Gasteiger partial charge in [0.1, 0.15) is 0 Å². The maximum Gasteiger partial charge on any atom is 0.238 e.